The summed E-state index contributed by atoms with van der Waals surface area (Å²) in [5.74, 6) is 0.840. The molecule has 0 amide bonds. The number of hydrogen-bond acceptors (Lipinski definition) is 3. The Morgan fingerprint density at radius 1 is 0.964 bits per heavy atom. The fourth-order valence-corrected chi connectivity index (χ4v) is 2.82. The highest BCUT2D eigenvalue weighted by atomic mass is 127. The Morgan fingerprint density at radius 2 is 1.68 bits per heavy atom. The molecule has 0 fully saturated rings. The van der Waals surface area contributed by atoms with Gasteiger partial charge in [-0.05, 0) is 36.6 Å². The maximum atomic E-state index is 4.75. The van der Waals surface area contributed by atoms with Crippen molar-refractivity contribution in [2.75, 3.05) is 13.1 Å². The van der Waals surface area contributed by atoms with E-state index in [2.05, 4.69) is 52.0 Å². The van der Waals surface area contributed by atoms with Gasteiger partial charge in [-0.2, -0.15) is 10.2 Å². The van der Waals surface area contributed by atoms with E-state index in [0.717, 1.165) is 38.6 Å². The monoisotopic (exact) mass is 493 g/mol. The van der Waals surface area contributed by atoms with Gasteiger partial charge in [-0.15, -0.1) is 24.0 Å². The average Bonchev–Trinajstić information content (AvgIpc) is 3.38. The molecule has 0 unspecified atom stereocenters. The Hall–Kier alpha value is -2.36. The third kappa shape index (κ3) is 6.99. The minimum Gasteiger partial charge on any atom is -0.357 e. The van der Waals surface area contributed by atoms with Crippen LogP contribution in [0.5, 0.6) is 0 Å². The Bertz CT molecular complexity index is 813. The first-order valence-electron chi connectivity index (χ1n) is 9.39. The fraction of sp³-hybridized carbons (Fsp3) is 0.350. The summed E-state index contributed by atoms with van der Waals surface area (Å²) in [6, 6.07) is 12.3. The van der Waals surface area contributed by atoms with E-state index in [4.69, 9.17) is 4.99 Å². The van der Waals surface area contributed by atoms with Crippen LogP contribution in [-0.4, -0.2) is 38.6 Å². The van der Waals surface area contributed by atoms with Crippen LogP contribution in [0, 0.1) is 0 Å². The van der Waals surface area contributed by atoms with E-state index in [1.165, 1.54) is 11.1 Å². The van der Waals surface area contributed by atoms with Crippen LogP contribution in [0.1, 0.15) is 24.5 Å². The van der Waals surface area contributed by atoms with Gasteiger partial charge in [0, 0.05) is 44.4 Å². The van der Waals surface area contributed by atoms with Gasteiger partial charge in [0.05, 0.1) is 13.1 Å². The molecule has 3 aromatic rings. The predicted octanol–water partition coefficient (Wildman–Crippen LogP) is 2.89. The number of halogens is 1. The Balaban J connectivity index is 0.00000280. The Labute approximate surface area is 183 Å². The number of hydrogen-bond donors (Lipinski definition) is 2. The molecule has 0 aliphatic heterocycles. The van der Waals surface area contributed by atoms with Crippen molar-refractivity contribution in [3.05, 3.63) is 72.3 Å². The molecule has 8 heteroatoms. The summed E-state index contributed by atoms with van der Waals surface area (Å²) in [5.41, 5.74) is 2.45. The van der Waals surface area contributed by atoms with Crippen LogP contribution < -0.4 is 10.6 Å². The minimum atomic E-state index is 0. The minimum absolute atomic E-state index is 0. The molecular formula is C20H28IN7. The van der Waals surface area contributed by atoms with Crippen LogP contribution in [0.25, 0.3) is 0 Å². The van der Waals surface area contributed by atoms with Crippen molar-refractivity contribution in [3.8, 4) is 0 Å². The lowest BCUT2D eigenvalue weighted by atomic mass is 10.1. The molecule has 1 aromatic carbocycles. The van der Waals surface area contributed by atoms with Gasteiger partial charge in [0.15, 0.2) is 5.96 Å². The van der Waals surface area contributed by atoms with Crippen molar-refractivity contribution in [2.45, 2.75) is 33.0 Å². The largest absolute Gasteiger partial charge is 0.357 e. The van der Waals surface area contributed by atoms with Gasteiger partial charge in [-0.25, -0.2) is 4.99 Å². The fourth-order valence-electron chi connectivity index (χ4n) is 2.82. The second-order valence-corrected chi connectivity index (χ2v) is 6.22. The zero-order valence-electron chi connectivity index (χ0n) is 16.2. The van der Waals surface area contributed by atoms with Crippen molar-refractivity contribution in [1.82, 2.24) is 30.2 Å². The molecule has 2 N–H and O–H groups in total. The molecule has 0 bridgehead atoms. The molecule has 0 saturated heterocycles. The summed E-state index contributed by atoms with van der Waals surface area (Å²) in [6.07, 6.45) is 8.56. The quantitative estimate of drug-likeness (QED) is 0.208. The number of aliphatic imine (C=N–C) groups is 1. The Morgan fingerprint density at radius 3 is 2.36 bits per heavy atom. The lowest BCUT2D eigenvalue weighted by Crippen LogP contribution is -2.38. The molecule has 0 atom stereocenters. The number of benzene rings is 1. The van der Waals surface area contributed by atoms with Crippen molar-refractivity contribution in [3.63, 3.8) is 0 Å². The Kier molecular flexibility index (Phi) is 9.53. The average molecular weight is 493 g/mol. The second-order valence-electron chi connectivity index (χ2n) is 6.22. The third-order valence-corrected chi connectivity index (χ3v) is 4.18. The van der Waals surface area contributed by atoms with Crippen LogP contribution in [0.15, 0.2) is 66.2 Å². The van der Waals surface area contributed by atoms with E-state index in [0.29, 0.717) is 6.54 Å². The SMILES string of the molecule is CCNC(=NCc1ccccc1Cn1cccn1)NCCCn1cccn1.I. The van der Waals surface area contributed by atoms with E-state index < -0.39 is 0 Å². The van der Waals surface area contributed by atoms with E-state index >= 15 is 0 Å². The molecule has 0 saturated carbocycles. The van der Waals surface area contributed by atoms with Gasteiger partial charge in [0.2, 0.25) is 0 Å². The summed E-state index contributed by atoms with van der Waals surface area (Å²) in [5, 5.41) is 15.2. The van der Waals surface area contributed by atoms with Crippen LogP contribution in [-0.2, 0) is 19.6 Å². The second kappa shape index (κ2) is 12.2. The summed E-state index contributed by atoms with van der Waals surface area (Å²) < 4.78 is 3.87. The third-order valence-electron chi connectivity index (χ3n) is 4.18. The number of nitrogens with zero attached hydrogens (tertiary/aromatic N) is 5. The van der Waals surface area contributed by atoms with E-state index in [-0.39, 0.29) is 24.0 Å². The van der Waals surface area contributed by atoms with Crippen LogP contribution in [0.3, 0.4) is 0 Å². The van der Waals surface area contributed by atoms with Crippen molar-refractivity contribution in [1.29, 1.82) is 0 Å². The first-order valence-corrected chi connectivity index (χ1v) is 9.39. The van der Waals surface area contributed by atoms with Crippen molar-refractivity contribution < 1.29 is 0 Å². The van der Waals surface area contributed by atoms with Gasteiger partial charge in [-0.1, -0.05) is 24.3 Å². The smallest absolute Gasteiger partial charge is 0.191 e. The summed E-state index contributed by atoms with van der Waals surface area (Å²) in [7, 11) is 0. The molecule has 3 rings (SSSR count). The molecule has 0 aliphatic rings. The zero-order valence-corrected chi connectivity index (χ0v) is 18.5. The molecule has 2 aromatic heterocycles. The van der Waals surface area contributed by atoms with Crippen molar-refractivity contribution >= 4 is 29.9 Å². The summed E-state index contributed by atoms with van der Waals surface area (Å²) in [4.78, 5) is 4.75. The molecular weight excluding hydrogens is 465 g/mol. The van der Waals surface area contributed by atoms with E-state index in [1.54, 1.807) is 12.4 Å². The molecule has 0 radical (unpaired) electrons. The summed E-state index contributed by atoms with van der Waals surface area (Å²) >= 11 is 0. The van der Waals surface area contributed by atoms with Crippen LogP contribution in [0.2, 0.25) is 0 Å². The number of rotatable bonds is 9. The van der Waals surface area contributed by atoms with Gasteiger partial charge in [0.1, 0.15) is 0 Å². The molecule has 2 heterocycles. The predicted molar refractivity (Wildman–Crippen MR) is 123 cm³/mol. The number of guanidine groups is 1. The summed E-state index contributed by atoms with van der Waals surface area (Å²) in [6.45, 7) is 6.04. The van der Waals surface area contributed by atoms with E-state index in [1.807, 2.05) is 33.9 Å². The lowest BCUT2D eigenvalue weighted by molar-refractivity contribution is 0.570. The molecule has 150 valence electrons. The highest BCUT2D eigenvalue weighted by Crippen LogP contribution is 2.11. The van der Waals surface area contributed by atoms with Gasteiger partial charge in [0.25, 0.3) is 0 Å². The lowest BCUT2D eigenvalue weighted by Gasteiger charge is -2.12. The normalized spacial score (nSPS) is 11.1. The van der Waals surface area contributed by atoms with Crippen LogP contribution in [0.4, 0.5) is 0 Å². The maximum absolute atomic E-state index is 4.75. The van der Waals surface area contributed by atoms with Crippen LogP contribution >= 0.6 is 24.0 Å². The van der Waals surface area contributed by atoms with Gasteiger partial charge < -0.3 is 10.6 Å². The maximum Gasteiger partial charge on any atom is 0.191 e. The topological polar surface area (TPSA) is 72.1 Å². The van der Waals surface area contributed by atoms with Gasteiger partial charge >= 0.3 is 0 Å². The standard InChI is InChI=1S/C20H27N7.HI/c1-2-21-20(22-10-5-13-26-14-6-11-24-26)23-16-18-8-3-4-9-19(18)17-27-15-7-12-25-27;/h3-4,6-9,11-12,14-15H,2,5,10,13,16-17H2,1H3,(H2,21,22,23);1H. The molecule has 0 spiro atoms. The molecule has 0 aliphatic carbocycles. The molecule has 28 heavy (non-hydrogen) atoms. The number of aromatic nitrogens is 4. The van der Waals surface area contributed by atoms with Crippen molar-refractivity contribution in [2.24, 2.45) is 4.99 Å². The first kappa shape index (κ1) is 21.9. The first-order chi connectivity index (χ1) is 13.3. The molecule has 7 nitrogen and oxygen atoms in total. The number of nitrogens with one attached hydrogen (secondary N) is 2. The highest BCUT2D eigenvalue weighted by Gasteiger charge is 2.04. The van der Waals surface area contributed by atoms with E-state index in [9.17, 15) is 0 Å². The number of aryl methyl sites for hydroxylation is 1. The zero-order chi connectivity index (χ0) is 18.7. The van der Waals surface area contributed by atoms with Gasteiger partial charge in [-0.3, -0.25) is 9.36 Å². The highest BCUT2D eigenvalue weighted by molar-refractivity contribution is 14.0.